The highest BCUT2D eigenvalue weighted by Crippen LogP contribution is 2.39. The summed E-state index contributed by atoms with van der Waals surface area (Å²) >= 11 is 7.49. The molecule has 2 rings (SSSR count). The molecule has 1 aromatic heterocycles. The maximum atomic E-state index is 5.77. The fourth-order valence-electron chi connectivity index (χ4n) is 1.95. The molecule has 0 saturated heterocycles. The SMILES string of the molecule is CC1CC1CN(C)C(C)c1nc(CCl)cs1. The molecule has 0 radical (unpaired) electrons. The molecule has 0 N–H and O–H groups in total. The molecule has 1 aliphatic rings. The predicted octanol–water partition coefficient (Wildman–Crippen LogP) is 3.53. The first-order valence-corrected chi connectivity index (χ1v) is 7.23. The quantitative estimate of drug-likeness (QED) is 0.751. The molecule has 90 valence electrons. The lowest BCUT2D eigenvalue weighted by atomic mass is 10.2. The van der Waals surface area contributed by atoms with Crippen LogP contribution < -0.4 is 0 Å². The lowest BCUT2D eigenvalue weighted by molar-refractivity contribution is 0.246. The fourth-order valence-corrected chi connectivity index (χ4v) is 3.11. The van der Waals surface area contributed by atoms with Crippen LogP contribution in [0.25, 0.3) is 0 Å². The van der Waals surface area contributed by atoms with Crippen LogP contribution in [0.3, 0.4) is 0 Å². The van der Waals surface area contributed by atoms with Crippen molar-refractivity contribution in [1.29, 1.82) is 0 Å². The Morgan fingerprint density at radius 2 is 2.38 bits per heavy atom. The maximum absolute atomic E-state index is 5.77. The molecule has 3 atom stereocenters. The number of thiazole rings is 1. The lowest BCUT2D eigenvalue weighted by Gasteiger charge is -2.22. The number of hydrogen-bond donors (Lipinski definition) is 0. The van der Waals surface area contributed by atoms with Crippen LogP contribution in [-0.4, -0.2) is 23.5 Å². The smallest absolute Gasteiger partial charge is 0.110 e. The minimum atomic E-state index is 0.412. The van der Waals surface area contributed by atoms with Crippen LogP contribution >= 0.6 is 22.9 Å². The van der Waals surface area contributed by atoms with Gasteiger partial charge in [-0.2, -0.15) is 0 Å². The topological polar surface area (TPSA) is 16.1 Å². The van der Waals surface area contributed by atoms with Crippen molar-refractivity contribution in [1.82, 2.24) is 9.88 Å². The van der Waals surface area contributed by atoms with Crippen LogP contribution in [0, 0.1) is 11.8 Å². The summed E-state index contributed by atoms with van der Waals surface area (Å²) in [5.41, 5.74) is 1.00. The van der Waals surface area contributed by atoms with E-state index in [2.05, 4.69) is 36.2 Å². The van der Waals surface area contributed by atoms with Crippen molar-refractivity contribution in [3.63, 3.8) is 0 Å². The van der Waals surface area contributed by atoms with E-state index >= 15 is 0 Å². The Bertz CT molecular complexity index is 353. The van der Waals surface area contributed by atoms with Crippen LogP contribution in [0.2, 0.25) is 0 Å². The molecule has 1 fully saturated rings. The van der Waals surface area contributed by atoms with Crippen molar-refractivity contribution >= 4 is 22.9 Å². The van der Waals surface area contributed by atoms with Gasteiger partial charge in [0.2, 0.25) is 0 Å². The average Bonchev–Trinajstić information content (AvgIpc) is 2.82. The van der Waals surface area contributed by atoms with Gasteiger partial charge in [-0.25, -0.2) is 4.98 Å². The Morgan fingerprint density at radius 1 is 1.69 bits per heavy atom. The highest BCUT2D eigenvalue weighted by Gasteiger charge is 2.34. The molecule has 0 spiro atoms. The van der Waals surface area contributed by atoms with E-state index in [1.165, 1.54) is 18.0 Å². The molecule has 1 aromatic rings. The molecule has 0 aromatic carbocycles. The Labute approximate surface area is 107 Å². The second-order valence-electron chi connectivity index (χ2n) is 4.90. The number of halogens is 1. The van der Waals surface area contributed by atoms with Gasteiger partial charge < -0.3 is 0 Å². The van der Waals surface area contributed by atoms with Gasteiger partial charge >= 0.3 is 0 Å². The number of hydrogen-bond acceptors (Lipinski definition) is 3. The Morgan fingerprint density at radius 3 is 2.88 bits per heavy atom. The maximum Gasteiger partial charge on any atom is 0.110 e. The van der Waals surface area contributed by atoms with Crippen molar-refractivity contribution in [3.05, 3.63) is 16.1 Å². The summed E-state index contributed by atoms with van der Waals surface area (Å²) in [6, 6.07) is 0.412. The van der Waals surface area contributed by atoms with Crippen LogP contribution in [-0.2, 0) is 5.88 Å². The Balaban J connectivity index is 1.92. The van der Waals surface area contributed by atoms with Gasteiger partial charge in [0, 0.05) is 11.9 Å². The summed E-state index contributed by atoms with van der Waals surface area (Å²) in [6.07, 6.45) is 1.39. The van der Waals surface area contributed by atoms with Crippen molar-refractivity contribution in [2.75, 3.05) is 13.6 Å². The third-order valence-electron chi connectivity index (χ3n) is 3.52. The van der Waals surface area contributed by atoms with E-state index < -0.39 is 0 Å². The molecular weight excluding hydrogens is 240 g/mol. The Hall–Kier alpha value is -0.120. The van der Waals surface area contributed by atoms with E-state index in [1.54, 1.807) is 11.3 Å². The monoisotopic (exact) mass is 258 g/mol. The van der Waals surface area contributed by atoms with Gasteiger partial charge in [0.15, 0.2) is 0 Å². The zero-order chi connectivity index (χ0) is 11.7. The first kappa shape index (κ1) is 12.3. The molecule has 3 unspecified atom stereocenters. The van der Waals surface area contributed by atoms with Crippen LogP contribution in [0.1, 0.15) is 37.0 Å². The molecular formula is C12H19ClN2S. The second kappa shape index (κ2) is 5.03. The highest BCUT2D eigenvalue weighted by atomic mass is 35.5. The molecule has 0 amide bonds. The van der Waals surface area contributed by atoms with Crippen molar-refractivity contribution < 1.29 is 0 Å². The molecule has 1 aliphatic carbocycles. The zero-order valence-corrected chi connectivity index (χ0v) is 11.7. The predicted molar refractivity (Wildman–Crippen MR) is 70.0 cm³/mol. The normalized spacial score (nSPS) is 26.1. The first-order chi connectivity index (χ1) is 7.61. The van der Waals surface area contributed by atoms with Crippen molar-refractivity contribution in [2.24, 2.45) is 11.8 Å². The number of nitrogens with zero attached hydrogens (tertiary/aromatic N) is 2. The average molecular weight is 259 g/mol. The van der Waals surface area contributed by atoms with Gasteiger partial charge in [-0.15, -0.1) is 22.9 Å². The van der Waals surface area contributed by atoms with Crippen LogP contribution in [0.5, 0.6) is 0 Å². The summed E-state index contributed by atoms with van der Waals surface area (Å²) in [6.45, 7) is 5.75. The minimum absolute atomic E-state index is 0.412. The fraction of sp³-hybridized carbons (Fsp3) is 0.750. The summed E-state index contributed by atoms with van der Waals surface area (Å²) in [5.74, 6) is 2.34. The standard InChI is InChI=1S/C12H19ClN2S/c1-8-4-10(8)6-15(3)9(2)12-14-11(5-13)7-16-12/h7-10H,4-6H2,1-3H3. The van der Waals surface area contributed by atoms with E-state index in [0.717, 1.165) is 17.5 Å². The molecule has 2 nitrogen and oxygen atoms in total. The zero-order valence-electron chi connectivity index (χ0n) is 10.1. The van der Waals surface area contributed by atoms with Crippen LogP contribution in [0.15, 0.2) is 5.38 Å². The van der Waals surface area contributed by atoms with E-state index in [4.69, 9.17) is 11.6 Å². The minimum Gasteiger partial charge on any atom is -0.297 e. The lowest BCUT2D eigenvalue weighted by Crippen LogP contribution is -2.25. The first-order valence-electron chi connectivity index (χ1n) is 5.82. The van der Waals surface area contributed by atoms with Gasteiger partial charge in [-0.1, -0.05) is 6.92 Å². The molecule has 1 saturated carbocycles. The largest absolute Gasteiger partial charge is 0.297 e. The molecule has 16 heavy (non-hydrogen) atoms. The number of aromatic nitrogens is 1. The third kappa shape index (κ3) is 2.76. The Kier molecular flexibility index (Phi) is 3.88. The summed E-state index contributed by atoms with van der Waals surface area (Å²) in [7, 11) is 2.19. The van der Waals surface area contributed by atoms with Gasteiger partial charge in [-0.05, 0) is 32.2 Å². The molecule has 4 heteroatoms. The summed E-state index contributed by atoms with van der Waals surface area (Å²) < 4.78 is 0. The van der Waals surface area contributed by atoms with E-state index in [1.807, 2.05) is 0 Å². The van der Waals surface area contributed by atoms with Gasteiger partial charge in [0.05, 0.1) is 17.6 Å². The summed E-state index contributed by atoms with van der Waals surface area (Å²) in [4.78, 5) is 6.95. The van der Waals surface area contributed by atoms with Crippen molar-refractivity contribution in [2.45, 2.75) is 32.2 Å². The van der Waals surface area contributed by atoms with E-state index in [9.17, 15) is 0 Å². The van der Waals surface area contributed by atoms with E-state index in [0.29, 0.717) is 11.9 Å². The van der Waals surface area contributed by atoms with Gasteiger partial charge in [-0.3, -0.25) is 4.90 Å². The molecule has 1 heterocycles. The molecule has 0 bridgehead atoms. The van der Waals surface area contributed by atoms with Gasteiger partial charge in [0.1, 0.15) is 5.01 Å². The highest BCUT2D eigenvalue weighted by molar-refractivity contribution is 7.09. The third-order valence-corrected chi connectivity index (χ3v) is 4.86. The van der Waals surface area contributed by atoms with Gasteiger partial charge in [0.25, 0.3) is 0 Å². The van der Waals surface area contributed by atoms with Crippen LogP contribution in [0.4, 0.5) is 0 Å². The summed E-state index contributed by atoms with van der Waals surface area (Å²) in [5, 5.41) is 3.25. The number of rotatable bonds is 5. The van der Waals surface area contributed by atoms with Crippen molar-refractivity contribution in [3.8, 4) is 0 Å². The van der Waals surface area contributed by atoms with E-state index in [-0.39, 0.29) is 0 Å². The molecule has 0 aliphatic heterocycles. The second-order valence-corrected chi connectivity index (χ2v) is 6.06. The number of alkyl halides is 1.